The number of hydrogen-bond donors (Lipinski definition) is 2. The summed E-state index contributed by atoms with van der Waals surface area (Å²) in [6.07, 6.45) is 0. The number of pyridine rings is 1. The van der Waals surface area contributed by atoms with Gasteiger partial charge in [-0.2, -0.15) is 9.99 Å². The Morgan fingerprint density at radius 1 is 1.18 bits per heavy atom. The Morgan fingerprint density at radius 2 is 1.79 bits per heavy atom. The zero-order valence-electron chi connectivity index (χ0n) is 15.8. The van der Waals surface area contributed by atoms with Crippen LogP contribution in [0.25, 0.3) is 0 Å². The summed E-state index contributed by atoms with van der Waals surface area (Å²) in [7, 11) is 4.38. The number of methoxy groups -OCH3 is 3. The summed E-state index contributed by atoms with van der Waals surface area (Å²) in [5, 5.41) is 19.7. The van der Waals surface area contributed by atoms with Crippen molar-refractivity contribution in [3.05, 3.63) is 56.8 Å². The van der Waals surface area contributed by atoms with Gasteiger partial charge in [-0.25, -0.2) is 0 Å². The molecule has 28 heavy (non-hydrogen) atoms. The number of aromatic nitrogens is 1. The number of aryl methyl sites for hydroxylation is 1. The van der Waals surface area contributed by atoms with Crippen molar-refractivity contribution in [3.63, 3.8) is 0 Å². The predicted molar refractivity (Wildman–Crippen MR) is 98.0 cm³/mol. The van der Waals surface area contributed by atoms with Crippen LogP contribution in [0.5, 0.6) is 23.0 Å². The van der Waals surface area contributed by atoms with Crippen molar-refractivity contribution >= 4 is 0 Å². The first-order valence-corrected chi connectivity index (χ1v) is 8.21. The molecule has 3 rings (SSSR count). The maximum Gasteiger partial charge on any atom is 0.291 e. The molecule has 9 nitrogen and oxygen atoms in total. The van der Waals surface area contributed by atoms with Gasteiger partial charge in [0, 0.05) is 6.07 Å². The van der Waals surface area contributed by atoms with Gasteiger partial charge in [-0.05, 0) is 24.6 Å². The minimum absolute atomic E-state index is 0.0303. The highest BCUT2D eigenvalue weighted by Gasteiger charge is 2.35. The Labute approximate surface area is 160 Å². The lowest BCUT2D eigenvalue weighted by Crippen LogP contribution is -2.31. The average Bonchev–Trinajstić information content (AvgIpc) is 2.69. The lowest BCUT2D eigenvalue weighted by molar-refractivity contribution is 0.165. The normalized spacial score (nSPS) is 15.3. The molecule has 0 radical (unpaired) electrons. The number of nitrogens with two attached hydrogens (primary N) is 1. The van der Waals surface area contributed by atoms with Crippen molar-refractivity contribution in [2.75, 3.05) is 21.3 Å². The summed E-state index contributed by atoms with van der Waals surface area (Å²) in [5.74, 6) is 0.203. The molecular weight excluding hydrogens is 366 g/mol. The second-order valence-electron chi connectivity index (χ2n) is 6.06. The number of allylic oxidation sites excluding steroid dienone is 1. The molecule has 146 valence electrons. The molecule has 2 aromatic rings. The van der Waals surface area contributed by atoms with E-state index in [1.54, 1.807) is 19.1 Å². The molecule has 2 heterocycles. The third kappa shape index (κ3) is 2.75. The number of hydrogen-bond acceptors (Lipinski definition) is 8. The molecule has 0 aliphatic carbocycles. The van der Waals surface area contributed by atoms with E-state index in [9.17, 15) is 15.3 Å². The van der Waals surface area contributed by atoms with Crippen LogP contribution < -0.4 is 30.2 Å². The van der Waals surface area contributed by atoms with E-state index >= 15 is 0 Å². The van der Waals surface area contributed by atoms with Crippen molar-refractivity contribution in [2.45, 2.75) is 12.8 Å². The molecule has 3 N–H and O–H groups in total. The van der Waals surface area contributed by atoms with Crippen LogP contribution in [-0.4, -0.2) is 31.3 Å². The highest BCUT2D eigenvalue weighted by Crippen LogP contribution is 2.46. The topological polar surface area (TPSA) is 129 Å². The molecule has 1 atom stereocenters. The third-order valence-corrected chi connectivity index (χ3v) is 4.57. The standard InChI is InChI=1S/C19H19N3O6/c1-9-5-12-16(19(23)22(9)24)15(11(8-20)18(21)28-12)10-6-13(25-2)17(27-4)14(7-10)26-3/h5-7,15,24H,21H2,1-4H3/t15-/m0/s1. The molecule has 1 aliphatic rings. The molecule has 1 aromatic heterocycles. The number of nitriles is 1. The first-order valence-electron chi connectivity index (χ1n) is 8.21. The summed E-state index contributed by atoms with van der Waals surface area (Å²) in [5.41, 5.74) is 6.09. The number of benzene rings is 1. The monoisotopic (exact) mass is 385 g/mol. The molecule has 0 amide bonds. The van der Waals surface area contributed by atoms with Gasteiger partial charge < -0.3 is 29.9 Å². The van der Waals surface area contributed by atoms with Crippen LogP contribution in [0.3, 0.4) is 0 Å². The van der Waals surface area contributed by atoms with E-state index < -0.39 is 11.5 Å². The molecular formula is C19H19N3O6. The fraction of sp³-hybridized carbons (Fsp3) is 0.263. The van der Waals surface area contributed by atoms with Crippen LogP contribution in [0.2, 0.25) is 0 Å². The number of rotatable bonds is 4. The highest BCUT2D eigenvalue weighted by molar-refractivity contribution is 5.61. The molecule has 1 aliphatic heterocycles. The second-order valence-corrected chi connectivity index (χ2v) is 6.06. The Kier molecular flexibility index (Phi) is 4.79. The molecule has 1 aromatic carbocycles. The zero-order valence-corrected chi connectivity index (χ0v) is 15.8. The third-order valence-electron chi connectivity index (χ3n) is 4.57. The number of ether oxygens (including phenoxy) is 4. The van der Waals surface area contributed by atoms with Crippen molar-refractivity contribution in [1.82, 2.24) is 4.73 Å². The van der Waals surface area contributed by atoms with Crippen LogP contribution >= 0.6 is 0 Å². The van der Waals surface area contributed by atoms with Crippen molar-refractivity contribution in [3.8, 4) is 29.1 Å². The van der Waals surface area contributed by atoms with Gasteiger partial charge in [0.2, 0.25) is 11.6 Å². The van der Waals surface area contributed by atoms with E-state index in [1.165, 1.54) is 27.4 Å². The molecule has 9 heteroatoms. The minimum atomic E-state index is -0.894. The van der Waals surface area contributed by atoms with Gasteiger partial charge in [-0.3, -0.25) is 4.79 Å². The molecule has 0 spiro atoms. The van der Waals surface area contributed by atoms with Crippen LogP contribution in [0.4, 0.5) is 0 Å². The Morgan fingerprint density at radius 3 is 2.29 bits per heavy atom. The number of nitrogens with zero attached hydrogens (tertiary/aromatic N) is 2. The SMILES string of the molecule is COc1cc([C@H]2C(C#N)=C(N)Oc3cc(C)n(O)c(=O)c32)cc(OC)c1OC. The van der Waals surface area contributed by atoms with Crippen molar-refractivity contribution in [1.29, 1.82) is 5.26 Å². The van der Waals surface area contributed by atoms with Crippen LogP contribution in [0, 0.1) is 18.3 Å². The molecule has 0 bridgehead atoms. The van der Waals surface area contributed by atoms with E-state index in [0.29, 0.717) is 27.5 Å². The first kappa shape index (κ1) is 19.0. The molecule has 0 saturated carbocycles. The maximum absolute atomic E-state index is 12.8. The summed E-state index contributed by atoms with van der Waals surface area (Å²) in [4.78, 5) is 12.8. The van der Waals surface area contributed by atoms with E-state index in [4.69, 9.17) is 24.7 Å². The van der Waals surface area contributed by atoms with Gasteiger partial charge in [0.1, 0.15) is 17.4 Å². The Hall–Kier alpha value is -3.80. The lowest BCUT2D eigenvalue weighted by Gasteiger charge is -2.27. The van der Waals surface area contributed by atoms with Gasteiger partial charge in [0.15, 0.2) is 11.5 Å². The van der Waals surface area contributed by atoms with Gasteiger partial charge in [-0.15, -0.1) is 0 Å². The van der Waals surface area contributed by atoms with Gasteiger partial charge >= 0.3 is 0 Å². The maximum atomic E-state index is 12.8. The highest BCUT2D eigenvalue weighted by atomic mass is 16.5. The molecule has 0 saturated heterocycles. The summed E-state index contributed by atoms with van der Waals surface area (Å²) < 4.78 is 22.0. The number of fused-ring (bicyclic) bond motifs is 1. The largest absolute Gasteiger partial charge is 0.493 e. The minimum Gasteiger partial charge on any atom is -0.493 e. The van der Waals surface area contributed by atoms with Crippen LogP contribution in [0.1, 0.15) is 22.7 Å². The smallest absolute Gasteiger partial charge is 0.291 e. The lowest BCUT2D eigenvalue weighted by atomic mass is 9.83. The summed E-state index contributed by atoms with van der Waals surface area (Å²) in [6, 6.07) is 6.71. The van der Waals surface area contributed by atoms with E-state index in [0.717, 1.165) is 0 Å². The van der Waals surface area contributed by atoms with E-state index in [1.807, 2.05) is 6.07 Å². The average molecular weight is 385 g/mol. The first-order chi connectivity index (χ1) is 13.4. The second kappa shape index (κ2) is 7.08. The van der Waals surface area contributed by atoms with E-state index in [-0.39, 0.29) is 28.5 Å². The quantitative estimate of drug-likeness (QED) is 0.760. The fourth-order valence-electron chi connectivity index (χ4n) is 3.24. The van der Waals surface area contributed by atoms with Gasteiger partial charge in [0.25, 0.3) is 5.56 Å². The predicted octanol–water partition coefficient (Wildman–Crippen LogP) is 1.64. The van der Waals surface area contributed by atoms with Crippen LogP contribution in [0.15, 0.2) is 34.4 Å². The van der Waals surface area contributed by atoms with E-state index in [2.05, 4.69) is 0 Å². The van der Waals surface area contributed by atoms with Crippen molar-refractivity contribution < 1.29 is 24.2 Å². The molecule has 0 unspecified atom stereocenters. The molecule has 0 fully saturated rings. The van der Waals surface area contributed by atoms with Crippen molar-refractivity contribution in [2.24, 2.45) is 5.73 Å². The van der Waals surface area contributed by atoms with Gasteiger partial charge in [0.05, 0.1) is 38.5 Å². The Bertz CT molecular complexity index is 1060. The summed E-state index contributed by atoms with van der Waals surface area (Å²) in [6.45, 7) is 1.54. The fourth-order valence-corrected chi connectivity index (χ4v) is 3.24. The summed E-state index contributed by atoms with van der Waals surface area (Å²) >= 11 is 0. The Balaban J connectivity index is 2.37. The zero-order chi connectivity index (χ0) is 20.6. The van der Waals surface area contributed by atoms with Crippen LogP contribution in [-0.2, 0) is 0 Å². The van der Waals surface area contributed by atoms with Gasteiger partial charge in [-0.1, -0.05) is 0 Å².